The van der Waals surface area contributed by atoms with Crippen LogP contribution in [0.4, 0.5) is 8.78 Å². The summed E-state index contributed by atoms with van der Waals surface area (Å²) in [6.07, 6.45) is 1.56. The standard InChI is InChI=1S/C17H22F2N2O2S/c1-10(21(5)24(22)17(2,3)4)13-9-20-16(23-6)12-8-15(19)14(18)7-11(12)13/h7-10H,1-6H3. The molecule has 0 amide bonds. The lowest BCUT2D eigenvalue weighted by Crippen LogP contribution is -2.41. The molecule has 0 radical (unpaired) electrons. The summed E-state index contributed by atoms with van der Waals surface area (Å²) < 4.78 is 46.4. The van der Waals surface area contributed by atoms with E-state index in [0.29, 0.717) is 16.3 Å². The van der Waals surface area contributed by atoms with Crippen molar-refractivity contribution in [2.24, 2.45) is 0 Å². The highest BCUT2D eigenvalue weighted by Gasteiger charge is 2.34. The molecule has 0 spiro atoms. The van der Waals surface area contributed by atoms with Gasteiger partial charge in [-0.3, -0.25) is 0 Å². The Balaban J connectivity index is 2.58. The average Bonchev–Trinajstić information content (AvgIpc) is 2.52. The Labute approximate surface area is 144 Å². The first-order valence-electron chi connectivity index (χ1n) is 7.54. The van der Waals surface area contributed by atoms with Gasteiger partial charge in [-0.1, -0.05) is 0 Å². The number of fused-ring (bicyclic) bond motifs is 1. The maximum absolute atomic E-state index is 13.8. The van der Waals surface area contributed by atoms with Crippen LogP contribution in [-0.2, 0) is 11.4 Å². The number of aromatic nitrogens is 1. The van der Waals surface area contributed by atoms with Gasteiger partial charge in [0.05, 0.1) is 13.2 Å². The molecule has 0 N–H and O–H groups in total. The number of hydrogen-bond acceptors (Lipinski definition) is 4. The number of pyridine rings is 1. The number of halogens is 2. The van der Waals surface area contributed by atoms with E-state index in [1.54, 1.807) is 17.5 Å². The number of hydrogen-bond donors (Lipinski definition) is 0. The van der Waals surface area contributed by atoms with Gasteiger partial charge in [-0.2, -0.15) is 0 Å². The molecule has 2 atom stereocenters. The molecule has 2 unspecified atom stereocenters. The fourth-order valence-electron chi connectivity index (χ4n) is 2.50. The quantitative estimate of drug-likeness (QED) is 0.778. The topological polar surface area (TPSA) is 48.4 Å². The van der Waals surface area contributed by atoms with Crippen LogP contribution in [0.25, 0.3) is 10.8 Å². The lowest BCUT2D eigenvalue weighted by Gasteiger charge is -2.34. The van der Waals surface area contributed by atoms with Crippen LogP contribution in [0, 0.1) is 11.6 Å². The summed E-state index contributed by atoms with van der Waals surface area (Å²) in [6, 6.07) is 1.90. The molecule has 24 heavy (non-hydrogen) atoms. The maximum Gasteiger partial charge on any atom is 0.221 e. The second-order valence-corrected chi connectivity index (χ2v) is 8.92. The highest BCUT2D eigenvalue weighted by Crippen LogP contribution is 2.35. The fraction of sp³-hybridized carbons (Fsp3) is 0.471. The van der Waals surface area contributed by atoms with Gasteiger partial charge in [-0.25, -0.2) is 13.8 Å². The summed E-state index contributed by atoms with van der Waals surface area (Å²) in [5.41, 5.74) is 0.657. The van der Waals surface area contributed by atoms with Crippen LogP contribution in [0.5, 0.6) is 5.88 Å². The normalized spacial score (nSPS) is 14.9. The van der Waals surface area contributed by atoms with Crippen molar-refractivity contribution < 1.29 is 18.1 Å². The fourth-order valence-corrected chi connectivity index (χ4v) is 3.76. The lowest BCUT2D eigenvalue weighted by atomic mass is 10.0. The van der Waals surface area contributed by atoms with Gasteiger partial charge in [-0.05, 0) is 45.2 Å². The number of rotatable bonds is 4. The third-order valence-corrected chi connectivity index (χ3v) is 5.78. The van der Waals surface area contributed by atoms with Crippen molar-refractivity contribution in [2.45, 2.75) is 38.5 Å². The average molecular weight is 356 g/mol. The van der Waals surface area contributed by atoms with Crippen molar-refractivity contribution in [2.75, 3.05) is 14.2 Å². The number of methoxy groups -OCH3 is 1. The molecule has 1 aromatic carbocycles. The second kappa shape index (κ2) is 6.82. The SMILES string of the molecule is COc1ncc(C(C)N(C)[S+]([O-])C(C)(C)C)c2cc(F)c(F)cc12. The minimum Gasteiger partial charge on any atom is -0.597 e. The van der Waals surface area contributed by atoms with E-state index in [9.17, 15) is 13.3 Å². The summed E-state index contributed by atoms with van der Waals surface area (Å²) in [5, 5.41) is 0.877. The second-order valence-electron chi connectivity index (χ2n) is 6.62. The van der Waals surface area contributed by atoms with Crippen molar-refractivity contribution in [3.8, 4) is 5.88 Å². The minimum atomic E-state index is -1.27. The Morgan fingerprint density at radius 1 is 1.21 bits per heavy atom. The smallest absolute Gasteiger partial charge is 0.221 e. The molecule has 1 heterocycles. The molecular formula is C17H22F2N2O2S. The molecule has 0 aliphatic rings. The van der Waals surface area contributed by atoms with Gasteiger partial charge in [0, 0.05) is 35.6 Å². The Bertz CT molecular complexity index is 749. The van der Waals surface area contributed by atoms with Crippen molar-refractivity contribution in [1.82, 2.24) is 9.29 Å². The van der Waals surface area contributed by atoms with E-state index in [1.165, 1.54) is 7.11 Å². The van der Waals surface area contributed by atoms with E-state index in [1.807, 2.05) is 27.7 Å². The van der Waals surface area contributed by atoms with Gasteiger partial charge in [0.2, 0.25) is 5.88 Å². The third-order valence-electron chi connectivity index (χ3n) is 3.90. The molecule has 0 aliphatic carbocycles. The Morgan fingerprint density at radius 3 is 2.25 bits per heavy atom. The molecule has 2 rings (SSSR count). The molecule has 1 aromatic heterocycles. The zero-order chi connectivity index (χ0) is 18.2. The van der Waals surface area contributed by atoms with Crippen LogP contribution in [0.2, 0.25) is 0 Å². The number of ether oxygens (including phenoxy) is 1. The Morgan fingerprint density at radius 2 is 1.75 bits per heavy atom. The molecule has 4 nitrogen and oxygen atoms in total. The predicted molar refractivity (Wildman–Crippen MR) is 92.3 cm³/mol. The van der Waals surface area contributed by atoms with Crippen LogP contribution < -0.4 is 4.74 Å². The summed E-state index contributed by atoms with van der Waals surface area (Å²) >= 11 is -1.27. The van der Waals surface area contributed by atoms with Crippen molar-refractivity contribution >= 4 is 22.1 Å². The molecule has 132 valence electrons. The van der Waals surface area contributed by atoms with E-state index in [-0.39, 0.29) is 11.9 Å². The third kappa shape index (κ3) is 3.48. The molecule has 7 heteroatoms. The Kier molecular flexibility index (Phi) is 5.37. The molecule has 0 aliphatic heterocycles. The number of nitrogens with zero attached hydrogens (tertiary/aromatic N) is 2. The van der Waals surface area contributed by atoms with Crippen LogP contribution in [0.1, 0.15) is 39.3 Å². The van der Waals surface area contributed by atoms with E-state index < -0.39 is 27.7 Å². The molecular weight excluding hydrogens is 334 g/mol. The van der Waals surface area contributed by atoms with Gasteiger partial charge in [-0.15, -0.1) is 4.31 Å². The first kappa shape index (κ1) is 18.9. The zero-order valence-electron chi connectivity index (χ0n) is 14.7. The van der Waals surface area contributed by atoms with Crippen molar-refractivity contribution in [1.29, 1.82) is 0 Å². The number of benzene rings is 1. The lowest BCUT2D eigenvalue weighted by molar-refractivity contribution is 0.381. The van der Waals surface area contributed by atoms with E-state index in [4.69, 9.17) is 4.74 Å². The molecule has 0 fully saturated rings. The van der Waals surface area contributed by atoms with Crippen LogP contribution in [0.3, 0.4) is 0 Å². The van der Waals surface area contributed by atoms with Crippen molar-refractivity contribution in [3.63, 3.8) is 0 Å². The van der Waals surface area contributed by atoms with Gasteiger partial charge < -0.3 is 9.29 Å². The predicted octanol–water partition coefficient (Wildman–Crippen LogP) is 3.98. The van der Waals surface area contributed by atoms with Crippen LogP contribution in [-0.4, -0.2) is 32.7 Å². The monoisotopic (exact) mass is 356 g/mol. The van der Waals surface area contributed by atoms with E-state index in [0.717, 1.165) is 12.1 Å². The summed E-state index contributed by atoms with van der Waals surface area (Å²) in [6.45, 7) is 7.50. The molecule has 0 saturated heterocycles. The zero-order valence-corrected chi connectivity index (χ0v) is 15.5. The van der Waals surface area contributed by atoms with Crippen LogP contribution in [0.15, 0.2) is 18.3 Å². The maximum atomic E-state index is 13.8. The summed E-state index contributed by atoms with van der Waals surface area (Å²) in [5.74, 6) is -1.68. The first-order chi connectivity index (χ1) is 11.1. The molecule has 2 aromatic rings. The van der Waals surface area contributed by atoms with E-state index >= 15 is 0 Å². The van der Waals surface area contributed by atoms with Crippen LogP contribution >= 0.6 is 0 Å². The van der Waals surface area contributed by atoms with Gasteiger partial charge in [0.15, 0.2) is 11.6 Å². The summed E-state index contributed by atoms with van der Waals surface area (Å²) in [4.78, 5) is 4.18. The summed E-state index contributed by atoms with van der Waals surface area (Å²) in [7, 11) is 3.16. The molecule has 0 saturated carbocycles. The largest absolute Gasteiger partial charge is 0.597 e. The highest BCUT2D eigenvalue weighted by molar-refractivity contribution is 7.90. The minimum absolute atomic E-state index is 0.222. The highest BCUT2D eigenvalue weighted by atomic mass is 32.2. The molecule has 0 bridgehead atoms. The van der Waals surface area contributed by atoms with Gasteiger partial charge in [0.1, 0.15) is 4.75 Å². The Hall–Kier alpha value is -1.44. The first-order valence-corrected chi connectivity index (χ1v) is 8.65. The van der Waals surface area contributed by atoms with E-state index in [2.05, 4.69) is 4.98 Å². The van der Waals surface area contributed by atoms with Gasteiger partial charge in [0.25, 0.3) is 0 Å². The van der Waals surface area contributed by atoms with Crippen molar-refractivity contribution in [3.05, 3.63) is 35.5 Å². The van der Waals surface area contributed by atoms with Gasteiger partial charge >= 0.3 is 0 Å².